The van der Waals surface area contributed by atoms with Crippen LogP contribution < -0.4 is 5.73 Å². The number of rotatable bonds is 9. The summed E-state index contributed by atoms with van der Waals surface area (Å²) in [5.41, 5.74) is 6.01. The number of methoxy groups -OCH3 is 1. The van der Waals surface area contributed by atoms with E-state index in [-0.39, 0.29) is 17.5 Å². The molecule has 0 radical (unpaired) electrons. The number of sulfonamides is 1. The summed E-state index contributed by atoms with van der Waals surface area (Å²) in [4.78, 5) is 4.27. The summed E-state index contributed by atoms with van der Waals surface area (Å²) in [5.74, 6) is 0. The Morgan fingerprint density at radius 2 is 2.05 bits per heavy atom. The van der Waals surface area contributed by atoms with Gasteiger partial charge in [-0.3, -0.25) is 4.98 Å². The third-order valence-corrected chi connectivity index (χ3v) is 5.52. The van der Waals surface area contributed by atoms with Crippen molar-refractivity contribution in [2.45, 2.75) is 44.2 Å². The van der Waals surface area contributed by atoms with Gasteiger partial charge in [0.2, 0.25) is 10.0 Å². The second kappa shape index (κ2) is 8.43. The smallest absolute Gasteiger partial charge is 0.245 e. The minimum absolute atomic E-state index is 0.0593. The molecule has 0 unspecified atom stereocenters. The Morgan fingerprint density at radius 1 is 1.38 bits per heavy atom. The molecule has 0 saturated carbocycles. The Labute approximate surface area is 127 Å². The first kappa shape index (κ1) is 18.0. The topological polar surface area (TPSA) is 85.5 Å². The van der Waals surface area contributed by atoms with Crippen LogP contribution in [0.2, 0.25) is 0 Å². The summed E-state index contributed by atoms with van der Waals surface area (Å²) in [6.07, 6.45) is 3.05. The average Bonchev–Trinajstić information content (AvgIpc) is 2.51. The summed E-state index contributed by atoms with van der Waals surface area (Å²) in [6.45, 7) is 4.74. The maximum Gasteiger partial charge on any atom is 0.245 e. The number of hydrogen-bond donors (Lipinski definition) is 1. The summed E-state index contributed by atoms with van der Waals surface area (Å²) < 4.78 is 32.5. The number of pyridine rings is 1. The fraction of sp³-hybridized carbons (Fsp3) is 0.643. The largest absolute Gasteiger partial charge is 0.383 e. The lowest BCUT2D eigenvalue weighted by Crippen LogP contribution is -2.42. The lowest BCUT2D eigenvalue weighted by Gasteiger charge is -2.29. The zero-order chi connectivity index (χ0) is 15.9. The Balaban J connectivity index is 3.25. The molecule has 120 valence electrons. The fourth-order valence-corrected chi connectivity index (χ4v) is 4.26. The van der Waals surface area contributed by atoms with Crippen molar-refractivity contribution in [2.24, 2.45) is 5.73 Å². The van der Waals surface area contributed by atoms with E-state index >= 15 is 0 Å². The molecule has 1 aromatic heterocycles. The van der Waals surface area contributed by atoms with E-state index < -0.39 is 10.0 Å². The van der Waals surface area contributed by atoms with E-state index in [1.807, 2.05) is 13.8 Å². The molecule has 0 saturated heterocycles. The summed E-state index contributed by atoms with van der Waals surface area (Å²) in [6, 6.07) is 3.12. The van der Waals surface area contributed by atoms with Crippen LogP contribution in [0.25, 0.3) is 0 Å². The molecule has 0 atom stereocenters. The van der Waals surface area contributed by atoms with Gasteiger partial charge in [-0.2, -0.15) is 4.31 Å². The molecule has 0 spiro atoms. The van der Waals surface area contributed by atoms with Crippen LogP contribution in [0, 0.1) is 0 Å². The van der Waals surface area contributed by atoms with E-state index in [0.29, 0.717) is 18.8 Å². The SMILES string of the molecule is CCC(CC)N(CCOC)S(=O)(=O)c1cccnc1CN. The highest BCUT2D eigenvalue weighted by atomic mass is 32.2. The Bertz CT molecular complexity index is 530. The molecule has 0 amide bonds. The van der Waals surface area contributed by atoms with Crippen LogP contribution in [0.5, 0.6) is 0 Å². The summed E-state index contributed by atoms with van der Waals surface area (Å²) in [5, 5.41) is 0. The van der Waals surface area contributed by atoms with Crippen LogP contribution in [-0.4, -0.2) is 44.0 Å². The molecule has 0 aliphatic rings. The van der Waals surface area contributed by atoms with Gasteiger partial charge in [0.05, 0.1) is 12.3 Å². The third-order valence-electron chi connectivity index (χ3n) is 3.49. The summed E-state index contributed by atoms with van der Waals surface area (Å²) >= 11 is 0. The van der Waals surface area contributed by atoms with Crippen molar-refractivity contribution < 1.29 is 13.2 Å². The van der Waals surface area contributed by atoms with Crippen molar-refractivity contribution in [1.82, 2.24) is 9.29 Å². The van der Waals surface area contributed by atoms with Crippen LogP contribution in [0.1, 0.15) is 32.4 Å². The minimum atomic E-state index is -3.63. The maximum absolute atomic E-state index is 13.0. The molecule has 1 heterocycles. The van der Waals surface area contributed by atoms with Gasteiger partial charge < -0.3 is 10.5 Å². The predicted octanol–water partition coefficient (Wildman–Crippen LogP) is 1.37. The lowest BCUT2D eigenvalue weighted by molar-refractivity contribution is 0.163. The normalized spacial score (nSPS) is 12.3. The predicted molar refractivity (Wildman–Crippen MR) is 82.3 cm³/mol. The van der Waals surface area contributed by atoms with Crippen LogP contribution in [0.3, 0.4) is 0 Å². The molecular weight excluding hydrogens is 290 g/mol. The van der Waals surface area contributed by atoms with Crippen LogP contribution in [0.15, 0.2) is 23.2 Å². The van der Waals surface area contributed by atoms with Gasteiger partial charge >= 0.3 is 0 Å². The lowest BCUT2D eigenvalue weighted by atomic mass is 10.2. The van der Waals surface area contributed by atoms with Gasteiger partial charge in [-0.05, 0) is 25.0 Å². The van der Waals surface area contributed by atoms with Crippen LogP contribution in [0.4, 0.5) is 0 Å². The van der Waals surface area contributed by atoms with Crippen molar-refractivity contribution in [1.29, 1.82) is 0 Å². The molecular formula is C14H25N3O3S. The number of hydrogen-bond acceptors (Lipinski definition) is 5. The van der Waals surface area contributed by atoms with E-state index in [2.05, 4.69) is 4.98 Å². The molecule has 21 heavy (non-hydrogen) atoms. The molecule has 0 aliphatic heterocycles. The summed E-state index contributed by atoms with van der Waals surface area (Å²) in [7, 11) is -2.07. The molecule has 2 N–H and O–H groups in total. The van der Waals surface area contributed by atoms with Crippen molar-refractivity contribution in [3.8, 4) is 0 Å². The minimum Gasteiger partial charge on any atom is -0.383 e. The quantitative estimate of drug-likeness (QED) is 0.744. The van der Waals surface area contributed by atoms with Gasteiger partial charge in [0.15, 0.2) is 0 Å². The van der Waals surface area contributed by atoms with E-state index in [0.717, 1.165) is 12.8 Å². The van der Waals surface area contributed by atoms with Crippen molar-refractivity contribution in [3.05, 3.63) is 24.0 Å². The molecule has 0 aliphatic carbocycles. The third kappa shape index (κ3) is 4.23. The first-order valence-electron chi connectivity index (χ1n) is 7.17. The van der Waals surface area contributed by atoms with Gasteiger partial charge in [0.1, 0.15) is 4.90 Å². The highest BCUT2D eigenvalue weighted by molar-refractivity contribution is 7.89. The van der Waals surface area contributed by atoms with Gasteiger partial charge in [-0.1, -0.05) is 13.8 Å². The molecule has 0 aromatic carbocycles. The highest BCUT2D eigenvalue weighted by Gasteiger charge is 2.31. The Kier molecular flexibility index (Phi) is 7.24. The zero-order valence-electron chi connectivity index (χ0n) is 12.9. The first-order chi connectivity index (χ1) is 10.0. The molecule has 1 aromatic rings. The van der Waals surface area contributed by atoms with Crippen LogP contribution >= 0.6 is 0 Å². The standard InChI is InChI=1S/C14H25N3O3S/c1-4-12(5-2)17(9-10-20-3)21(18,19)14-7-6-8-16-13(14)11-15/h6-8,12H,4-5,9-11,15H2,1-3H3. The van der Waals surface area contributed by atoms with Crippen LogP contribution in [-0.2, 0) is 21.3 Å². The van der Waals surface area contributed by atoms with Crippen molar-refractivity contribution >= 4 is 10.0 Å². The number of ether oxygens (including phenoxy) is 1. The monoisotopic (exact) mass is 315 g/mol. The van der Waals surface area contributed by atoms with E-state index in [1.54, 1.807) is 25.4 Å². The number of aromatic nitrogens is 1. The highest BCUT2D eigenvalue weighted by Crippen LogP contribution is 2.23. The average molecular weight is 315 g/mol. The first-order valence-corrected chi connectivity index (χ1v) is 8.61. The molecule has 1 rings (SSSR count). The van der Waals surface area contributed by atoms with E-state index in [1.165, 1.54) is 4.31 Å². The molecule has 7 heteroatoms. The number of nitrogens with zero attached hydrogens (tertiary/aromatic N) is 2. The van der Waals surface area contributed by atoms with Crippen molar-refractivity contribution in [3.63, 3.8) is 0 Å². The van der Waals surface area contributed by atoms with E-state index in [4.69, 9.17) is 10.5 Å². The second-order valence-corrected chi connectivity index (χ2v) is 6.59. The number of nitrogens with two attached hydrogens (primary N) is 1. The van der Waals surface area contributed by atoms with Gasteiger partial charge in [-0.25, -0.2) is 8.42 Å². The Morgan fingerprint density at radius 3 is 2.57 bits per heavy atom. The van der Waals surface area contributed by atoms with E-state index in [9.17, 15) is 8.42 Å². The molecule has 6 nitrogen and oxygen atoms in total. The van der Waals surface area contributed by atoms with Gasteiger partial charge in [-0.15, -0.1) is 0 Å². The molecule has 0 bridgehead atoms. The second-order valence-electron chi connectivity index (χ2n) is 4.73. The zero-order valence-corrected chi connectivity index (χ0v) is 13.8. The molecule has 0 fully saturated rings. The maximum atomic E-state index is 13.0. The fourth-order valence-electron chi connectivity index (χ4n) is 2.31. The van der Waals surface area contributed by atoms with Gasteiger partial charge in [0, 0.05) is 32.4 Å². The van der Waals surface area contributed by atoms with Gasteiger partial charge in [0.25, 0.3) is 0 Å². The Hall–Kier alpha value is -1.02. The van der Waals surface area contributed by atoms with Crippen molar-refractivity contribution in [2.75, 3.05) is 20.3 Å².